The topological polar surface area (TPSA) is 19.6 Å². The summed E-state index contributed by atoms with van der Waals surface area (Å²) >= 11 is 0. The number of benzene rings is 6. The van der Waals surface area contributed by atoms with Gasteiger partial charge in [-0.05, 0) is 173 Å². The van der Waals surface area contributed by atoms with Crippen LogP contribution in [0.1, 0.15) is 106 Å². The van der Waals surface area contributed by atoms with Crippen LogP contribution in [0.25, 0.3) is 22.1 Å². The predicted molar refractivity (Wildman–Crippen MR) is 253 cm³/mol. The predicted octanol–water partition coefficient (Wildman–Crippen LogP) is 13.4. The van der Waals surface area contributed by atoms with Crippen LogP contribution in [0.3, 0.4) is 0 Å². The van der Waals surface area contributed by atoms with Gasteiger partial charge in [-0.2, -0.15) is 0 Å². The van der Waals surface area contributed by atoms with Gasteiger partial charge < -0.3 is 14.2 Å². The molecule has 1 aliphatic carbocycles. The highest BCUT2D eigenvalue weighted by atomic mass is 16.3. The quantitative estimate of drug-likeness (QED) is 0.167. The summed E-state index contributed by atoms with van der Waals surface area (Å²) in [6.07, 6.45) is 2.32. The van der Waals surface area contributed by atoms with Crippen LogP contribution >= 0.6 is 0 Å². The highest BCUT2D eigenvalue weighted by Gasteiger charge is 2.48. The number of hydrogen-bond acceptors (Lipinski definition) is 3. The summed E-state index contributed by atoms with van der Waals surface area (Å²) in [6.45, 7) is 27.7. The highest BCUT2D eigenvalue weighted by molar-refractivity contribution is 7.00. The van der Waals surface area contributed by atoms with Gasteiger partial charge in [-0.15, -0.1) is 0 Å². The number of nitrogens with zero attached hydrogens (tertiary/aromatic N) is 2. The molecule has 0 radical (unpaired) electrons. The third-order valence-corrected chi connectivity index (χ3v) is 14.1. The van der Waals surface area contributed by atoms with E-state index in [0.29, 0.717) is 0 Å². The third-order valence-electron chi connectivity index (χ3n) is 14.1. The molecule has 2 aliphatic heterocycles. The Bertz CT molecular complexity index is 2860. The lowest BCUT2D eigenvalue weighted by Crippen LogP contribution is -2.61. The van der Waals surface area contributed by atoms with E-state index < -0.39 is 0 Å². The Morgan fingerprint density at radius 3 is 1.88 bits per heavy atom. The molecular formula is C55H57BN2O. The first-order valence-corrected chi connectivity index (χ1v) is 21.7. The zero-order valence-corrected chi connectivity index (χ0v) is 37.1. The minimum atomic E-state index is -0.102. The molecule has 3 nitrogen and oxygen atoms in total. The Balaban J connectivity index is 1.33. The van der Waals surface area contributed by atoms with E-state index in [1.54, 1.807) is 0 Å². The second-order valence-electron chi connectivity index (χ2n) is 20.4. The Kier molecular flexibility index (Phi) is 8.17. The first-order chi connectivity index (χ1) is 27.9. The van der Waals surface area contributed by atoms with E-state index in [-0.39, 0.29) is 23.0 Å². The Labute approximate surface area is 352 Å². The molecule has 59 heavy (non-hydrogen) atoms. The van der Waals surface area contributed by atoms with Gasteiger partial charge in [0.15, 0.2) is 0 Å². The van der Waals surface area contributed by atoms with Gasteiger partial charge in [-0.1, -0.05) is 109 Å². The van der Waals surface area contributed by atoms with Crippen LogP contribution in [0, 0.1) is 34.6 Å². The maximum Gasteiger partial charge on any atom is 0.297 e. The van der Waals surface area contributed by atoms with Crippen LogP contribution in [0.5, 0.6) is 0 Å². The second kappa shape index (κ2) is 12.8. The third kappa shape index (κ3) is 5.69. The van der Waals surface area contributed by atoms with Crippen molar-refractivity contribution in [3.63, 3.8) is 0 Å². The lowest BCUT2D eigenvalue weighted by atomic mass is 9.35. The molecule has 3 aliphatic rings. The van der Waals surface area contributed by atoms with Crippen molar-refractivity contribution >= 4 is 68.4 Å². The second-order valence-corrected chi connectivity index (χ2v) is 20.4. The Hall–Kier alpha value is -5.48. The van der Waals surface area contributed by atoms with Gasteiger partial charge in [-0.25, -0.2) is 0 Å². The summed E-state index contributed by atoms with van der Waals surface area (Å²) < 4.78 is 7.46. The van der Waals surface area contributed by atoms with Crippen molar-refractivity contribution in [2.75, 3.05) is 9.80 Å². The molecular weight excluding hydrogens is 715 g/mol. The molecule has 10 rings (SSSR count). The molecule has 6 aromatic carbocycles. The Morgan fingerprint density at radius 1 is 0.593 bits per heavy atom. The normalized spacial score (nSPS) is 16.2. The summed E-state index contributed by atoms with van der Waals surface area (Å²) in [7, 11) is 0. The molecule has 7 aromatic rings. The first-order valence-electron chi connectivity index (χ1n) is 21.7. The zero-order valence-electron chi connectivity index (χ0n) is 37.1. The lowest BCUT2D eigenvalue weighted by molar-refractivity contribution is 0.332. The van der Waals surface area contributed by atoms with Gasteiger partial charge in [0.2, 0.25) is 0 Å². The summed E-state index contributed by atoms with van der Waals surface area (Å²) in [6, 6.07) is 39.9. The van der Waals surface area contributed by atoms with Gasteiger partial charge in [0, 0.05) is 33.8 Å². The van der Waals surface area contributed by atoms with E-state index in [2.05, 4.69) is 196 Å². The van der Waals surface area contributed by atoms with Crippen molar-refractivity contribution in [1.29, 1.82) is 0 Å². The lowest BCUT2D eigenvalue weighted by Gasteiger charge is -2.43. The molecule has 0 spiro atoms. The van der Waals surface area contributed by atoms with Gasteiger partial charge in [0.1, 0.15) is 5.58 Å². The van der Waals surface area contributed by atoms with E-state index in [1.807, 2.05) is 0 Å². The minimum Gasteiger partial charge on any atom is -0.468 e. The number of hydrogen-bond donors (Lipinski definition) is 0. The van der Waals surface area contributed by atoms with Crippen LogP contribution in [0.4, 0.5) is 34.1 Å². The molecule has 0 N–H and O–H groups in total. The van der Waals surface area contributed by atoms with E-state index in [9.17, 15) is 0 Å². The molecule has 0 bridgehead atoms. The van der Waals surface area contributed by atoms with Crippen molar-refractivity contribution in [2.45, 2.75) is 112 Å². The monoisotopic (exact) mass is 772 g/mol. The molecule has 0 saturated carbocycles. The van der Waals surface area contributed by atoms with E-state index in [4.69, 9.17) is 4.42 Å². The maximum atomic E-state index is 7.46. The number of anilines is 6. The van der Waals surface area contributed by atoms with Crippen molar-refractivity contribution in [3.05, 3.63) is 148 Å². The van der Waals surface area contributed by atoms with Crippen LogP contribution in [-0.4, -0.2) is 6.71 Å². The fourth-order valence-electron chi connectivity index (χ4n) is 10.8. The smallest absolute Gasteiger partial charge is 0.297 e. The number of furan rings is 1. The first kappa shape index (κ1) is 37.8. The standard InChI is InChI=1S/C55H57BN2O/c1-32-16-23-44(36(5)26-32)58-45-29-37(49-34(3)14-13-15-35(49)4)17-22-43(45)56-50-46(27-33(2)28-47(50)58)57(39-20-18-38(19-21-39)53(6,7)8)51-40-30-41-42(31-48(40)59-52(51)56)55(11,12)25-24-54(41,9)10/h13-23,26-31H,24-25H2,1-12H3. The van der Waals surface area contributed by atoms with E-state index in [1.165, 1.54) is 100 Å². The summed E-state index contributed by atoms with van der Waals surface area (Å²) in [4.78, 5) is 5.10. The van der Waals surface area contributed by atoms with Crippen LogP contribution in [0.2, 0.25) is 0 Å². The van der Waals surface area contributed by atoms with Gasteiger partial charge >= 0.3 is 0 Å². The van der Waals surface area contributed by atoms with Gasteiger partial charge in [0.25, 0.3) is 6.71 Å². The fourth-order valence-corrected chi connectivity index (χ4v) is 10.8. The average molecular weight is 773 g/mol. The van der Waals surface area contributed by atoms with Gasteiger partial charge in [0.05, 0.1) is 11.3 Å². The number of rotatable bonds is 3. The molecule has 0 amide bonds. The maximum absolute atomic E-state index is 7.46. The van der Waals surface area contributed by atoms with Crippen molar-refractivity contribution < 1.29 is 4.42 Å². The van der Waals surface area contributed by atoms with Crippen LogP contribution in [-0.2, 0) is 16.2 Å². The number of fused-ring (bicyclic) bond motifs is 7. The van der Waals surface area contributed by atoms with E-state index in [0.717, 1.165) is 29.8 Å². The molecule has 3 heterocycles. The zero-order chi connectivity index (χ0) is 41.5. The van der Waals surface area contributed by atoms with Crippen LogP contribution < -0.4 is 26.4 Å². The molecule has 0 unspecified atom stereocenters. The molecule has 0 saturated heterocycles. The highest BCUT2D eigenvalue weighted by Crippen LogP contribution is 2.52. The summed E-state index contributed by atoms with van der Waals surface area (Å²) in [5.41, 5.74) is 25.0. The molecule has 0 fully saturated rings. The van der Waals surface area contributed by atoms with Crippen LogP contribution in [0.15, 0.2) is 108 Å². The van der Waals surface area contributed by atoms with E-state index >= 15 is 0 Å². The SMILES string of the molecule is Cc1ccc(N2c3cc(-c4c(C)cccc4C)ccc3B3c4oc5cc6c(cc5c4N(c4ccc(C(C)(C)C)cc4)c4cc(C)cc2c43)C(C)(C)CCC6(C)C)c(C)c1. The number of aryl methyl sites for hydroxylation is 5. The molecule has 296 valence electrons. The molecule has 1 aromatic heterocycles. The van der Waals surface area contributed by atoms with Crippen molar-refractivity contribution in [3.8, 4) is 11.1 Å². The molecule has 4 heteroatoms. The summed E-state index contributed by atoms with van der Waals surface area (Å²) in [5, 5.41) is 1.20. The van der Waals surface area contributed by atoms with Gasteiger partial charge in [-0.3, -0.25) is 0 Å². The summed E-state index contributed by atoms with van der Waals surface area (Å²) in [5.74, 6) is 0. The average Bonchev–Trinajstić information content (AvgIpc) is 3.54. The largest absolute Gasteiger partial charge is 0.468 e. The fraction of sp³-hybridized carbons (Fsp3) is 0.309. The Morgan fingerprint density at radius 2 is 1.24 bits per heavy atom. The minimum absolute atomic E-state index is 0.0464. The van der Waals surface area contributed by atoms with Crippen molar-refractivity contribution in [2.24, 2.45) is 0 Å². The van der Waals surface area contributed by atoms with Crippen molar-refractivity contribution in [1.82, 2.24) is 0 Å². The molecule has 0 atom stereocenters.